The first kappa shape index (κ1) is 23.1. The number of nitrogens with one attached hydrogen (secondary N) is 1. The normalized spacial score (nSPS) is 24.3. The molecule has 0 saturated carbocycles. The fourth-order valence-electron chi connectivity index (χ4n) is 5.65. The highest BCUT2D eigenvalue weighted by molar-refractivity contribution is 5.59. The third-order valence-corrected chi connectivity index (χ3v) is 7.48. The fourth-order valence-corrected chi connectivity index (χ4v) is 5.65. The van der Waals surface area contributed by atoms with Crippen molar-refractivity contribution in [2.75, 3.05) is 18.9 Å². The van der Waals surface area contributed by atoms with Gasteiger partial charge in [0.15, 0.2) is 0 Å². The summed E-state index contributed by atoms with van der Waals surface area (Å²) in [6, 6.07) is 28.9. The topological polar surface area (TPSA) is 24.5 Å². The van der Waals surface area contributed by atoms with Crippen molar-refractivity contribution >= 4 is 5.69 Å². The second-order valence-electron chi connectivity index (χ2n) is 11.2. The van der Waals surface area contributed by atoms with Crippen LogP contribution in [0.5, 0.6) is 0 Å². The molecule has 0 spiro atoms. The zero-order valence-corrected chi connectivity index (χ0v) is 21.0. The Morgan fingerprint density at radius 2 is 1.62 bits per heavy atom. The number of nitrogens with zero attached hydrogens (tertiary/aromatic N) is 1. The van der Waals surface area contributed by atoms with E-state index in [9.17, 15) is 0 Å². The molecule has 1 N–H and O–H groups in total. The number of benzene rings is 3. The van der Waals surface area contributed by atoms with Crippen molar-refractivity contribution in [3.8, 4) is 0 Å². The van der Waals surface area contributed by atoms with Crippen LogP contribution in [-0.4, -0.2) is 24.6 Å². The Morgan fingerprint density at radius 1 is 0.912 bits per heavy atom. The third-order valence-electron chi connectivity index (χ3n) is 7.48. The number of hydrogen-bond donors (Lipinski definition) is 1. The Labute approximate surface area is 205 Å². The van der Waals surface area contributed by atoms with Crippen LogP contribution in [0.25, 0.3) is 0 Å². The van der Waals surface area contributed by atoms with Crippen molar-refractivity contribution in [3.63, 3.8) is 0 Å². The van der Waals surface area contributed by atoms with Crippen LogP contribution >= 0.6 is 0 Å². The second-order valence-corrected chi connectivity index (χ2v) is 11.2. The number of ether oxygens (including phenoxy) is 1. The summed E-state index contributed by atoms with van der Waals surface area (Å²) < 4.78 is 6.96. The summed E-state index contributed by atoms with van der Waals surface area (Å²) in [7, 11) is 2.21. The molecule has 4 unspecified atom stereocenters. The van der Waals surface area contributed by atoms with Crippen molar-refractivity contribution in [1.29, 1.82) is 0 Å². The van der Waals surface area contributed by atoms with Crippen LogP contribution < -0.4 is 5.32 Å². The number of rotatable bonds is 5. The molecule has 178 valence electrons. The lowest BCUT2D eigenvalue weighted by molar-refractivity contribution is -0.101. The molecule has 34 heavy (non-hydrogen) atoms. The molecule has 1 saturated heterocycles. The van der Waals surface area contributed by atoms with Crippen LogP contribution in [0.15, 0.2) is 78.9 Å². The summed E-state index contributed by atoms with van der Waals surface area (Å²) in [6.07, 6.45) is 2.63. The van der Waals surface area contributed by atoms with Gasteiger partial charge in [-0.05, 0) is 48.1 Å². The molecule has 3 heteroatoms. The second kappa shape index (κ2) is 9.56. The lowest BCUT2D eigenvalue weighted by atomic mass is 9.75. The molecule has 2 aliphatic rings. The van der Waals surface area contributed by atoms with Gasteiger partial charge in [-0.15, -0.1) is 0 Å². The van der Waals surface area contributed by atoms with E-state index in [1.807, 2.05) is 0 Å². The van der Waals surface area contributed by atoms with E-state index in [2.05, 4.69) is 117 Å². The number of fused-ring (bicyclic) bond motifs is 3. The maximum absolute atomic E-state index is 6.96. The number of likely N-dealkylation sites (N-methyl/N-ethyl adjacent to an activating group) is 1. The van der Waals surface area contributed by atoms with E-state index in [-0.39, 0.29) is 23.7 Å². The molecule has 0 amide bonds. The lowest BCUT2D eigenvalue weighted by Gasteiger charge is -2.46. The van der Waals surface area contributed by atoms with E-state index in [1.54, 1.807) is 0 Å². The van der Waals surface area contributed by atoms with Gasteiger partial charge in [0, 0.05) is 30.3 Å². The maximum atomic E-state index is 6.96. The van der Waals surface area contributed by atoms with Crippen molar-refractivity contribution in [1.82, 2.24) is 4.90 Å². The Morgan fingerprint density at radius 3 is 2.32 bits per heavy atom. The lowest BCUT2D eigenvalue weighted by Crippen LogP contribution is -2.42. The van der Waals surface area contributed by atoms with Crippen LogP contribution in [0.3, 0.4) is 0 Å². The van der Waals surface area contributed by atoms with Crippen molar-refractivity contribution in [3.05, 3.63) is 101 Å². The average Bonchev–Trinajstić information content (AvgIpc) is 2.83. The van der Waals surface area contributed by atoms with E-state index in [4.69, 9.17) is 4.74 Å². The quantitative estimate of drug-likeness (QED) is 0.444. The largest absolute Gasteiger partial charge is 0.378 e. The summed E-state index contributed by atoms with van der Waals surface area (Å²) in [5.41, 5.74) is 6.75. The predicted molar refractivity (Wildman–Crippen MR) is 141 cm³/mol. The SMILES string of the molecule is CN(Cc1ccccc1)CC1CCC2C(c3ccccc3)Nc3ccc(C(C)(C)C)cc3C2O1. The standard InChI is InChI=1S/C31H38N2O/c1-31(2,3)24-15-18-28-27(19-24)30-26(29(32-28)23-13-9-6-10-14-23)17-16-25(34-30)21-33(4)20-22-11-7-5-8-12-22/h5-15,18-19,25-26,29-30,32H,16-17,20-21H2,1-4H3. The molecule has 0 aliphatic carbocycles. The first-order chi connectivity index (χ1) is 16.4. The highest BCUT2D eigenvalue weighted by Gasteiger charge is 2.42. The first-order valence-electron chi connectivity index (χ1n) is 12.7. The zero-order chi connectivity index (χ0) is 23.7. The van der Waals surface area contributed by atoms with Crippen molar-refractivity contribution in [2.45, 2.75) is 63.8 Å². The molecular formula is C31H38N2O. The van der Waals surface area contributed by atoms with Gasteiger partial charge in [-0.25, -0.2) is 0 Å². The highest BCUT2D eigenvalue weighted by Crippen LogP contribution is 2.51. The smallest absolute Gasteiger partial charge is 0.0900 e. The molecule has 2 heterocycles. The van der Waals surface area contributed by atoms with Crippen molar-refractivity contribution < 1.29 is 4.74 Å². The van der Waals surface area contributed by atoms with E-state index in [0.717, 1.165) is 19.5 Å². The Balaban J connectivity index is 1.41. The van der Waals surface area contributed by atoms with Gasteiger partial charge in [0.05, 0.1) is 18.2 Å². The summed E-state index contributed by atoms with van der Waals surface area (Å²) >= 11 is 0. The van der Waals surface area contributed by atoms with Gasteiger partial charge in [-0.3, -0.25) is 4.90 Å². The Hall–Kier alpha value is -2.62. The van der Waals surface area contributed by atoms with E-state index in [0.29, 0.717) is 5.92 Å². The minimum atomic E-state index is 0.116. The minimum absolute atomic E-state index is 0.116. The van der Waals surface area contributed by atoms with Crippen LogP contribution in [0.2, 0.25) is 0 Å². The van der Waals surface area contributed by atoms with Gasteiger partial charge < -0.3 is 10.1 Å². The molecule has 5 rings (SSSR count). The van der Waals surface area contributed by atoms with E-state index >= 15 is 0 Å². The summed E-state index contributed by atoms with van der Waals surface area (Å²) in [4.78, 5) is 2.41. The molecule has 3 aromatic carbocycles. The fraction of sp³-hybridized carbons (Fsp3) is 0.419. The average molecular weight is 455 g/mol. The Bertz CT molecular complexity index is 1090. The van der Waals surface area contributed by atoms with Gasteiger partial charge in [-0.1, -0.05) is 93.6 Å². The van der Waals surface area contributed by atoms with Gasteiger partial charge in [0.2, 0.25) is 0 Å². The number of anilines is 1. The summed E-state index contributed by atoms with van der Waals surface area (Å²) in [5.74, 6) is 0.431. The summed E-state index contributed by atoms with van der Waals surface area (Å²) in [5, 5.41) is 3.89. The van der Waals surface area contributed by atoms with E-state index < -0.39 is 0 Å². The summed E-state index contributed by atoms with van der Waals surface area (Å²) in [6.45, 7) is 8.78. The third kappa shape index (κ3) is 4.92. The van der Waals surface area contributed by atoms with Gasteiger partial charge in [0.25, 0.3) is 0 Å². The molecule has 0 radical (unpaired) electrons. The van der Waals surface area contributed by atoms with Crippen LogP contribution in [0, 0.1) is 5.92 Å². The van der Waals surface area contributed by atoms with E-state index in [1.165, 1.54) is 34.4 Å². The van der Waals surface area contributed by atoms with Crippen molar-refractivity contribution in [2.24, 2.45) is 5.92 Å². The monoisotopic (exact) mass is 454 g/mol. The first-order valence-corrected chi connectivity index (χ1v) is 12.7. The molecule has 0 bridgehead atoms. The molecular weight excluding hydrogens is 416 g/mol. The highest BCUT2D eigenvalue weighted by atomic mass is 16.5. The molecule has 3 nitrogen and oxygen atoms in total. The molecule has 3 aromatic rings. The molecule has 1 fully saturated rings. The predicted octanol–water partition coefficient (Wildman–Crippen LogP) is 7.12. The molecule has 2 aliphatic heterocycles. The van der Waals surface area contributed by atoms with Gasteiger partial charge in [-0.2, -0.15) is 0 Å². The van der Waals surface area contributed by atoms with Gasteiger partial charge in [0.1, 0.15) is 0 Å². The van der Waals surface area contributed by atoms with Crippen LogP contribution in [0.4, 0.5) is 5.69 Å². The molecule has 0 aromatic heterocycles. The minimum Gasteiger partial charge on any atom is -0.378 e. The Kier molecular flexibility index (Phi) is 6.50. The molecule has 4 atom stereocenters. The van der Waals surface area contributed by atoms with Crippen LogP contribution in [-0.2, 0) is 16.7 Å². The zero-order valence-electron chi connectivity index (χ0n) is 21.0. The van der Waals surface area contributed by atoms with Crippen LogP contribution in [0.1, 0.15) is 68.0 Å². The number of hydrogen-bond acceptors (Lipinski definition) is 3. The van der Waals surface area contributed by atoms with Gasteiger partial charge >= 0.3 is 0 Å². The maximum Gasteiger partial charge on any atom is 0.0900 e.